The van der Waals surface area contributed by atoms with Crippen molar-refractivity contribution in [2.24, 2.45) is 7.05 Å². The number of benzene rings is 1. The van der Waals surface area contributed by atoms with E-state index in [0.29, 0.717) is 17.8 Å². The van der Waals surface area contributed by atoms with Crippen LogP contribution in [0.4, 0.5) is 18.9 Å². The van der Waals surface area contributed by atoms with Crippen molar-refractivity contribution >= 4 is 15.7 Å². The molecule has 1 aromatic carbocycles. The fourth-order valence-electron chi connectivity index (χ4n) is 1.71. The Bertz CT molecular complexity index is 764. The van der Waals surface area contributed by atoms with E-state index in [9.17, 15) is 21.6 Å². The van der Waals surface area contributed by atoms with Crippen LogP contribution in [0.3, 0.4) is 0 Å². The minimum absolute atomic E-state index is 0.195. The third-order valence-corrected chi connectivity index (χ3v) is 4.14. The fourth-order valence-corrected chi connectivity index (χ4v) is 2.84. The number of hydrogen-bond donors (Lipinski definition) is 2. The monoisotopic (exact) mass is 320 g/mol. The van der Waals surface area contributed by atoms with Crippen LogP contribution in [0.15, 0.2) is 29.3 Å². The summed E-state index contributed by atoms with van der Waals surface area (Å²) in [5, 5.41) is 9.01. The van der Waals surface area contributed by atoms with Crippen molar-refractivity contribution < 1.29 is 26.7 Å². The maximum atomic E-state index is 13.1. The van der Waals surface area contributed by atoms with Gasteiger partial charge in [0.25, 0.3) is 10.0 Å². The van der Waals surface area contributed by atoms with Gasteiger partial charge in [-0.15, -0.1) is 0 Å². The van der Waals surface area contributed by atoms with Crippen LogP contribution in [0.1, 0.15) is 5.69 Å². The summed E-state index contributed by atoms with van der Waals surface area (Å²) in [7, 11) is -2.58. The zero-order valence-electron chi connectivity index (χ0n) is 10.8. The molecule has 1 aromatic heterocycles. The lowest BCUT2D eigenvalue weighted by atomic mass is 10.3. The van der Waals surface area contributed by atoms with Gasteiger partial charge >= 0.3 is 0 Å². The summed E-state index contributed by atoms with van der Waals surface area (Å²) in [6.45, 7) is -0.369. The maximum Gasteiger partial charge on any atom is 0.263 e. The maximum absolute atomic E-state index is 13.1. The predicted molar refractivity (Wildman–Crippen MR) is 68.5 cm³/mol. The number of sulfonamides is 1. The lowest BCUT2D eigenvalue weighted by molar-refractivity contribution is 0.272. The Hall–Kier alpha value is -2.00. The molecule has 0 aliphatic heterocycles. The highest BCUT2D eigenvalue weighted by atomic mass is 32.2. The second-order valence-electron chi connectivity index (χ2n) is 4.30. The molecule has 0 aliphatic carbocycles. The molecule has 21 heavy (non-hydrogen) atoms. The zero-order chi connectivity index (χ0) is 15.8. The van der Waals surface area contributed by atoms with Gasteiger partial charge in [0.05, 0.1) is 12.3 Å². The van der Waals surface area contributed by atoms with Crippen LogP contribution < -0.4 is 4.72 Å². The van der Waals surface area contributed by atoms with Gasteiger partial charge < -0.3 is 9.67 Å². The van der Waals surface area contributed by atoms with Crippen molar-refractivity contribution in [1.29, 1.82) is 0 Å². The topological polar surface area (TPSA) is 71.3 Å². The third-order valence-electron chi connectivity index (χ3n) is 2.79. The molecule has 0 unspecified atom stereocenters. The molecule has 114 valence electrons. The summed E-state index contributed by atoms with van der Waals surface area (Å²) in [6, 6.07) is 2.27. The van der Waals surface area contributed by atoms with E-state index in [4.69, 9.17) is 5.11 Å². The molecule has 0 saturated heterocycles. The third kappa shape index (κ3) is 3.03. The summed E-state index contributed by atoms with van der Waals surface area (Å²) < 4.78 is 66.3. The number of nitrogens with zero attached hydrogens (tertiary/aromatic N) is 1. The number of hydrogen-bond acceptors (Lipinski definition) is 3. The van der Waals surface area contributed by atoms with E-state index in [2.05, 4.69) is 0 Å². The van der Waals surface area contributed by atoms with Crippen molar-refractivity contribution in [3.8, 4) is 0 Å². The van der Waals surface area contributed by atoms with Crippen LogP contribution in [0.2, 0.25) is 0 Å². The first-order valence-corrected chi connectivity index (χ1v) is 7.16. The SMILES string of the molecule is Cn1cc(S(=O)(=O)Nc2cc(F)c(F)c(F)c2)cc1CO. The predicted octanol–water partition coefficient (Wildman–Crippen LogP) is 1.74. The Balaban J connectivity index is 2.37. The Morgan fingerprint density at radius 2 is 1.76 bits per heavy atom. The first-order valence-electron chi connectivity index (χ1n) is 5.68. The molecule has 0 aliphatic rings. The number of aliphatic hydroxyl groups excluding tert-OH is 1. The Labute approximate surface area is 118 Å². The van der Waals surface area contributed by atoms with Gasteiger partial charge in [-0.2, -0.15) is 0 Å². The Morgan fingerprint density at radius 1 is 1.19 bits per heavy atom. The summed E-state index contributed by atoms with van der Waals surface area (Å²) in [4.78, 5) is -0.195. The first-order chi connectivity index (χ1) is 9.74. The quantitative estimate of drug-likeness (QED) is 0.843. The van der Waals surface area contributed by atoms with Gasteiger partial charge in [0.1, 0.15) is 4.90 Å². The number of aromatic nitrogens is 1. The smallest absolute Gasteiger partial charge is 0.263 e. The van der Waals surface area contributed by atoms with Gasteiger partial charge in [-0.3, -0.25) is 4.72 Å². The lowest BCUT2D eigenvalue weighted by Crippen LogP contribution is -2.13. The van der Waals surface area contributed by atoms with Crippen LogP contribution in [0.5, 0.6) is 0 Å². The molecule has 2 aromatic rings. The van der Waals surface area contributed by atoms with E-state index in [-0.39, 0.29) is 11.5 Å². The number of nitrogens with one attached hydrogen (secondary N) is 1. The molecule has 0 spiro atoms. The van der Waals surface area contributed by atoms with Crippen LogP contribution in [0.25, 0.3) is 0 Å². The molecule has 2 N–H and O–H groups in total. The number of halogens is 3. The largest absolute Gasteiger partial charge is 0.390 e. The second-order valence-corrected chi connectivity index (χ2v) is 5.98. The van der Waals surface area contributed by atoms with E-state index in [1.807, 2.05) is 4.72 Å². The van der Waals surface area contributed by atoms with Gasteiger partial charge in [0.15, 0.2) is 17.5 Å². The zero-order valence-corrected chi connectivity index (χ0v) is 11.6. The molecule has 0 bridgehead atoms. The van der Waals surface area contributed by atoms with E-state index in [1.165, 1.54) is 23.9 Å². The van der Waals surface area contributed by atoms with Gasteiger partial charge in [-0.05, 0) is 6.07 Å². The highest BCUT2D eigenvalue weighted by Crippen LogP contribution is 2.21. The molecule has 2 rings (SSSR count). The standard InChI is InChI=1S/C12H11F3N2O3S/c1-17-5-9(4-8(17)6-18)21(19,20)16-7-2-10(13)12(15)11(14)3-7/h2-5,16,18H,6H2,1H3. The van der Waals surface area contributed by atoms with Crippen LogP contribution in [-0.4, -0.2) is 18.1 Å². The molecule has 5 nitrogen and oxygen atoms in total. The van der Waals surface area contributed by atoms with Crippen molar-refractivity contribution in [3.63, 3.8) is 0 Å². The second kappa shape index (κ2) is 5.41. The molecule has 1 heterocycles. The van der Waals surface area contributed by atoms with Crippen molar-refractivity contribution in [2.75, 3.05) is 4.72 Å². The minimum Gasteiger partial charge on any atom is -0.390 e. The van der Waals surface area contributed by atoms with Crippen LogP contribution in [0, 0.1) is 17.5 Å². The van der Waals surface area contributed by atoms with E-state index in [0.717, 1.165) is 0 Å². The number of anilines is 1. The highest BCUT2D eigenvalue weighted by molar-refractivity contribution is 7.92. The number of rotatable bonds is 4. The molecule has 0 radical (unpaired) electrons. The van der Waals surface area contributed by atoms with E-state index < -0.39 is 33.2 Å². The van der Waals surface area contributed by atoms with Crippen molar-refractivity contribution in [2.45, 2.75) is 11.5 Å². The van der Waals surface area contributed by atoms with E-state index >= 15 is 0 Å². The average molecular weight is 320 g/mol. The molecule has 0 saturated carbocycles. The molecule has 0 atom stereocenters. The van der Waals surface area contributed by atoms with Gasteiger partial charge in [0, 0.05) is 31.1 Å². The lowest BCUT2D eigenvalue weighted by Gasteiger charge is -2.07. The summed E-state index contributed by atoms with van der Waals surface area (Å²) in [6.07, 6.45) is 1.23. The Kier molecular flexibility index (Phi) is 3.97. The minimum atomic E-state index is -4.11. The van der Waals surface area contributed by atoms with Gasteiger partial charge in [0.2, 0.25) is 0 Å². The molecular formula is C12H11F3N2O3S. The Morgan fingerprint density at radius 3 is 2.24 bits per heavy atom. The molecule has 0 fully saturated rings. The highest BCUT2D eigenvalue weighted by Gasteiger charge is 2.19. The molecular weight excluding hydrogens is 309 g/mol. The summed E-state index contributed by atoms with van der Waals surface area (Å²) in [5.74, 6) is -4.69. The van der Waals surface area contributed by atoms with Gasteiger partial charge in [-0.1, -0.05) is 0 Å². The average Bonchev–Trinajstić information content (AvgIpc) is 2.77. The summed E-state index contributed by atoms with van der Waals surface area (Å²) >= 11 is 0. The van der Waals surface area contributed by atoms with Gasteiger partial charge in [-0.25, -0.2) is 21.6 Å². The fraction of sp³-hybridized carbons (Fsp3) is 0.167. The first kappa shape index (κ1) is 15.4. The van der Waals surface area contributed by atoms with Crippen LogP contribution in [-0.2, 0) is 23.7 Å². The van der Waals surface area contributed by atoms with Crippen molar-refractivity contribution in [3.05, 3.63) is 47.5 Å². The summed E-state index contributed by atoms with van der Waals surface area (Å²) in [5.41, 5.74) is -0.104. The van der Waals surface area contributed by atoms with E-state index in [1.54, 1.807) is 0 Å². The molecule has 9 heteroatoms. The molecule has 0 amide bonds. The van der Waals surface area contributed by atoms with Crippen LogP contribution >= 0.6 is 0 Å². The number of aliphatic hydroxyl groups is 1. The normalized spacial score (nSPS) is 11.7. The van der Waals surface area contributed by atoms with Crippen molar-refractivity contribution in [1.82, 2.24) is 4.57 Å². The number of aryl methyl sites for hydroxylation is 1.